The number of carbonyl (C=O) groups excluding carboxylic acids is 3. The molecule has 11 heteroatoms. The van der Waals surface area contributed by atoms with E-state index in [-0.39, 0.29) is 18.3 Å². The standard InChI is InChI=1S/C22H43N5O5S/c1-13(2)12-17(22(31)32)26-20(29)16(9-11-33-5)25-21(30)18(14(3)4)27-19(28)15(24)8-6-7-10-23/h13-18H,6-12,23-24H2,1-5H3,(H,25,30)(H,26,29)(H,27,28)(H,31,32). The number of rotatable bonds is 17. The smallest absolute Gasteiger partial charge is 0.326 e. The van der Waals surface area contributed by atoms with Crippen LogP contribution in [0.1, 0.15) is 59.8 Å². The van der Waals surface area contributed by atoms with E-state index in [0.29, 0.717) is 31.6 Å². The Balaban J connectivity index is 5.30. The van der Waals surface area contributed by atoms with Gasteiger partial charge >= 0.3 is 5.97 Å². The van der Waals surface area contributed by atoms with Crippen LogP contribution in [0.5, 0.6) is 0 Å². The van der Waals surface area contributed by atoms with Crippen molar-refractivity contribution in [3.8, 4) is 0 Å². The fraction of sp³-hybridized carbons (Fsp3) is 0.818. The Hall–Kier alpha value is -1.85. The van der Waals surface area contributed by atoms with Gasteiger partial charge in [-0.3, -0.25) is 14.4 Å². The molecule has 8 N–H and O–H groups in total. The first-order chi connectivity index (χ1) is 15.4. The van der Waals surface area contributed by atoms with Gasteiger partial charge in [-0.15, -0.1) is 0 Å². The van der Waals surface area contributed by atoms with Crippen molar-refractivity contribution in [3.05, 3.63) is 0 Å². The summed E-state index contributed by atoms with van der Waals surface area (Å²) >= 11 is 1.51. The van der Waals surface area contributed by atoms with Gasteiger partial charge in [0.15, 0.2) is 0 Å². The van der Waals surface area contributed by atoms with Crippen LogP contribution in [0.25, 0.3) is 0 Å². The average molecular weight is 490 g/mol. The van der Waals surface area contributed by atoms with Crippen LogP contribution in [0.2, 0.25) is 0 Å². The van der Waals surface area contributed by atoms with Crippen molar-refractivity contribution in [3.63, 3.8) is 0 Å². The maximum absolute atomic E-state index is 13.0. The Morgan fingerprint density at radius 3 is 1.97 bits per heavy atom. The molecule has 0 bridgehead atoms. The van der Waals surface area contributed by atoms with Gasteiger partial charge in [-0.25, -0.2) is 4.79 Å². The van der Waals surface area contributed by atoms with Crippen LogP contribution in [-0.2, 0) is 19.2 Å². The largest absolute Gasteiger partial charge is 0.480 e. The third kappa shape index (κ3) is 12.8. The van der Waals surface area contributed by atoms with Crippen molar-refractivity contribution in [2.45, 2.75) is 84.0 Å². The van der Waals surface area contributed by atoms with Crippen LogP contribution < -0.4 is 27.4 Å². The molecule has 0 aromatic heterocycles. The number of carboxylic acid groups (broad SMARTS) is 1. The minimum Gasteiger partial charge on any atom is -0.480 e. The summed E-state index contributed by atoms with van der Waals surface area (Å²) in [7, 11) is 0. The van der Waals surface area contributed by atoms with Gasteiger partial charge in [0, 0.05) is 0 Å². The number of carboxylic acids is 1. The van der Waals surface area contributed by atoms with Crippen molar-refractivity contribution in [1.82, 2.24) is 16.0 Å². The van der Waals surface area contributed by atoms with Crippen LogP contribution in [-0.4, -0.2) is 71.5 Å². The second-order valence-corrected chi connectivity index (χ2v) is 9.98. The summed E-state index contributed by atoms with van der Waals surface area (Å²) in [5, 5.41) is 17.4. The molecule has 0 saturated carbocycles. The second-order valence-electron chi connectivity index (χ2n) is 8.99. The molecule has 10 nitrogen and oxygen atoms in total. The van der Waals surface area contributed by atoms with Gasteiger partial charge in [-0.05, 0) is 56.1 Å². The summed E-state index contributed by atoms with van der Waals surface area (Å²) in [4.78, 5) is 49.8. The van der Waals surface area contributed by atoms with Crippen molar-refractivity contribution >= 4 is 35.5 Å². The first-order valence-corrected chi connectivity index (χ1v) is 12.9. The van der Waals surface area contributed by atoms with Crippen molar-refractivity contribution in [2.75, 3.05) is 18.6 Å². The molecule has 0 heterocycles. The number of nitrogens with one attached hydrogen (secondary N) is 3. The van der Waals surface area contributed by atoms with E-state index in [1.165, 1.54) is 11.8 Å². The Labute approximate surface area is 201 Å². The fourth-order valence-corrected chi connectivity index (χ4v) is 3.64. The molecular weight excluding hydrogens is 446 g/mol. The van der Waals surface area contributed by atoms with Gasteiger partial charge in [0.2, 0.25) is 17.7 Å². The van der Waals surface area contributed by atoms with Crippen LogP contribution >= 0.6 is 11.8 Å². The van der Waals surface area contributed by atoms with E-state index in [9.17, 15) is 24.3 Å². The average Bonchev–Trinajstić information content (AvgIpc) is 2.73. The fourth-order valence-electron chi connectivity index (χ4n) is 3.17. The highest BCUT2D eigenvalue weighted by Crippen LogP contribution is 2.09. The van der Waals surface area contributed by atoms with Crippen LogP contribution in [0, 0.1) is 11.8 Å². The predicted molar refractivity (Wildman–Crippen MR) is 132 cm³/mol. The molecule has 0 aliphatic rings. The van der Waals surface area contributed by atoms with E-state index < -0.39 is 47.9 Å². The summed E-state index contributed by atoms with van der Waals surface area (Å²) in [5.74, 6) is -2.22. The van der Waals surface area contributed by atoms with E-state index in [4.69, 9.17) is 11.5 Å². The number of unbranched alkanes of at least 4 members (excludes halogenated alkanes) is 1. The molecule has 0 rings (SSSR count). The Morgan fingerprint density at radius 1 is 0.879 bits per heavy atom. The zero-order valence-corrected chi connectivity index (χ0v) is 21.4. The van der Waals surface area contributed by atoms with Crippen molar-refractivity contribution in [2.24, 2.45) is 23.3 Å². The topological polar surface area (TPSA) is 177 Å². The molecule has 0 saturated heterocycles. The van der Waals surface area contributed by atoms with E-state index in [2.05, 4.69) is 16.0 Å². The van der Waals surface area contributed by atoms with Crippen molar-refractivity contribution < 1.29 is 24.3 Å². The summed E-state index contributed by atoms with van der Waals surface area (Å²) in [6.07, 6.45) is 4.40. The van der Waals surface area contributed by atoms with E-state index in [0.717, 1.165) is 6.42 Å². The molecule has 0 radical (unpaired) electrons. The molecule has 0 aliphatic heterocycles. The molecule has 0 aromatic rings. The van der Waals surface area contributed by atoms with Crippen LogP contribution in [0.4, 0.5) is 0 Å². The summed E-state index contributed by atoms with van der Waals surface area (Å²) in [5.41, 5.74) is 11.4. The molecule has 4 atom stereocenters. The van der Waals surface area contributed by atoms with Crippen LogP contribution in [0.3, 0.4) is 0 Å². The van der Waals surface area contributed by atoms with Gasteiger partial charge < -0.3 is 32.5 Å². The van der Waals surface area contributed by atoms with Gasteiger partial charge in [0.05, 0.1) is 6.04 Å². The number of aliphatic carboxylic acids is 1. The lowest BCUT2D eigenvalue weighted by Crippen LogP contribution is -2.58. The Bertz CT molecular complexity index is 632. The number of amides is 3. The number of hydrogen-bond donors (Lipinski definition) is 6. The maximum atomic E-state index is 13.0. The van der Waals surface area contributed by atoms with Gasteiger partial charge in [0.25, 0.3) is 0 Å². The first kappa shape index (κ1) is 31.1. The van der Waals surface area contributed by atoms with Gasteiger partial charge in [-0.1, -0.05) is 34.1 Å². The monoisotopic (exact) mass is 489 g/mol. The van der Waals surface area contributed by atoms with E-state index in [1.54, 1.807) is 13.8 Å². The normalized spacial score (nSPS) is 14.9. The minimum absolute atomic E-state index is 0.0697. The zero-order chi connectivity index (χ0) is 25.6. The molecule has 0 aliphatic carbocycles. The lowest BCUT2D eigenvalue weighted by atomic mass is 10.0. The molecule has 0 aromatic carbocycles. The molecule has 3 amide bonds. The highest BCUT2D eigenvalue weighted by molar-refractivity contribution is 7.98. The molecule has 4 unspecified atom stereocenters. The SMILES string of the molecule is CSCCC(NC(=O)C(NC(=O)C(N)CCCCN)C(C)C)C(=O)NC(CC(C)C)C(=O)O. The molecule has 192 valence electrons. The Kier molecular flexibility index (Phi) is 15.8. The summed E-state index contributed by atoms with van der Waals surface area (Å²) in [6.45, 7) is 7.82. The molecule has 0 fully saturated rings. The molecule has 33 heavy (non-hydrogen) atoms. The lowest BCUT2D eigenvalue weighted by molar-refractivity contribution is -0.142. The number of hydrogen-bond acceptors (Lipinski definition) is 7. The third-order valence-electron chi connectivity index (χ3n) is 5.12. The molecule has 0 spiro atoms. The number of thioether (sulfide) groups is 1. The van der Waals surface area contributed by atoms with E-state index >= 15 is 0 Å². The van der Waals surface area contributed by atoms with Crippen LogP contribution in [0.15, 0.2) is 0 Å². The molecular formula is C22H43N5O5S. The quantitative estimate of drug-likeness (QED) is 0.159. The highest BCUT2D eigenvalue weighted by Gasteiger charge is 2.31. The second kappa shape index (κ2) is 16.7. The first-order valence-electron chi connectivity index (χ1n) is 11.5. The lowest BCUT2D eigenvalue weighted by Gasteiger charge is -2.27. The van der Waals surface area contributed by atoms with Gasteiger partial charge in [0.1, 0.15) is 18.1 Å². The maximum Gasteiger partial charge on any atom is 0.326 e. The highest BCUT2D eigenvalue weighted by atomic mass is 32.2. The Morgan fingerprint density at radius 2 is 1.48 bits per heavy atom. The van der Waals surface area contributed by atoms with E-state index in [1.807, 2.05) is 20.1 Å². The third-order valence-corrected chi connectivity index (χ3v) is 5.76. The minimum atomic E-state index is -1.12. The number of nitrogens with two attached hydrogens (primary N) is 2. The summed E-state index contributed by atoms with van der Waals surface area (Å²) in [6, 6.07) is -3.60. The zero-order valence-electron chi connectivity index (χ0n) is 20.6. The number of carbonyl (C=O) groups is 4. The van der Waals surface area contributed by atoms with Gasteiger partial charge in [-0.2, -0.15) is 11.8 Å². The van der Waals surface area contributed by atoms with Crippen molar-refractivity contribution in [1.29, 1.82) is 0 Å². The summed E-state index contributed by atoms with van der Waals surface area (Å²) < 4.78 is 0. The predicted octanol–water partition coefficient (Wildman–Crippen LogP) is 0.437.